The maximum Gasteiger partial charge on any atom is 0.207 e. The van der Waals surface area contributed by atoms with E-state index in [4.69, 9.17) is 0 Å². The first-order valence-corrected chi connectivity index (χ1v) is 5.37. The summed E-state index contributed by atoms with van der Waals surface area (Å²) in [6, 6.07) is 3.87. The third-order valence-electron chi connectivity index (χ3n) is 2.01. The minimum absolute atomic E-state index is 0.235. The summed E-state index contributed by atoms with van der Waals surface area (Å²) < 4.78 is 0.949. The Morgan fingerprint density at radius 1 is 1.50 bits per heavy atom. The molecule has 2 heterocycles. The number of nitrogens with zero attached hydrogens (tertiary/aromatic N) is 2. The Bertz CT molecular complexity index is 350. The second kappa shape index (κ2) is 4.04. The predicted molar refractivity (Wildman–Crippen MR) is 63.0 cm³/mol. The number of hydrogen-bond acceptors (Lipinski definition) is 4. The van der Waals surface area contributed by atoms with Crippen LogP contribution in [0, 0.1) is 3.70 Å². The normalized spacial score (nSPS) is 16.1. The van der Waals surface area contributed by atoms with Gasteiger partial charge in [0.05, 0.1) is 18.1 Å². The molecule has 0 fully saturated rings. The van der Waals surface area contributed by atoms with E-state index in [9.17, 15) is 5.11 Å². The largest absolute Gasteiger partial charge is 0.493 e. The molecule has 1 aromatic rings. The fraction of sp³-hybridized carbons (Fsp3) is 0.222. The van der Waals surface area contributed by atoms with Crippen LogP contribution in [0.2, 0.25) is 0 Å². The van der Waals surface area contributed by atoms with Gasteiger partial charge in [0.1, 0.15) is 3.70 Å². The standard InChI is InChI=1S/C9H10IN3O/c10-8-2-1-7(5-12-8)13-4-3-11-6-9(13)14/h1-2,5-6,11,14H,3-4H2. The van der Waals surface area contributed by atoms with E-state index in [2.05, 4.69) is 32.9 Å². The Labute approximate surface area is 95.8 Å². The maximum atomic E-state index is 9.59. The van der Waals surface area contributed by atoms with Gasteiger partial charge in [-0.05, 0) is 34.7 Å². The molecule has 1 aromatic heterocycles. The van der Waals surface area contributed by atoms with Crippen molar-refractivity contribution >= 4 is 28.3 Å². The molecule has 4 nitrogen and oxygen atoms in total. The van der Waals surface area contributed by atoms with Crippen LogP contribution < -0.4 is 10.2 Å². The SMILES string of the molecule is OC1=CNCCN1c1ccc(I)nc1. The molecule has 0 saturated carbocycles. The van der Waals surface area contributed by atoms with Crippen molar-refractivity contribution in [1.82, 2.24) is 10.3 Å². The number of anilines is 1. The van der Waals surface area contributed by atoms with Crippen LogP contribution in [-0.2, 0) is 0 Å². The topological polar surface area (TPSA) is 48.4 Å². The monoisotopic (exact) mass is 303 g/mol. The van der Waals surface area contributed by atoms with Crippen LogP contribution in [0.3, 0.4) is 0 Å². The lowest BCUT2D eigenvalue weighted by Crippen LogP contribution is -2.35. The molecule has 2 N–H and O–H groups in total. The average molecular weight is 303 g/mol. The van der Waals surface area contributed by atoms with E-state index in [0.29, 0.717) is 0 Å². The number of aromatic nitrogens is 1. The maximum absolute atomic E-state index is 9.59. The zero-order valence-electron chi connectivity index (χ0n) is 7.44. The third-order valence-corrected chi connectivity index (χ3v) is 2.65. The van der Waals surface area contributed by atoms with E-state index in [1.54, 1.807) is 12.4 Å². The van der Waals surface area contributed by atoms with E-state index in [1.807, 2.05) is 17.0 Å². The molecule has 0 spiro atoms. The van der Waals surface area contributed by atoms with Crippen molar-refractivity contribution in [3.63, 3.8) is 0 Å². The zero-order chi connectivity index (χ0) is 9.97. The molecule has 0 unspecified atom stereocenters. The molecule has 0 saturated heterocycles. The van der Waals surface area contributed by atoms with Gasteiger partial charge in [-0.2, -0.15) is 0 Å². The van der Waals surface area contributed by atoms with Crippen LogP contribution in [0.5, 0.6) is 0 Å². The van der Waals surface area contributed by atoms with Gasteiger partial charge in [-0.15, -0.1) is 0 Å². The molecule has 0 aromatic carbocycles. The Balaban J connectivity index is 2.26. The molecule has 1 aliphatic rings. The summed E-state index contributed by atoms with van der Waals surface area (Å²) in [6.07, 6.45) is 3.36. The van der Waals surface area contributed by atoms with Gasteiger partial charge in [0.15, 0.2) is 0 Å². The van der Waals surface area contributed by atoms with E-state index in [-0.39, 0.29) is 5.88 Å². The highest BCUT2D eigenvalue weighted by Gasteiger charge is 2.13. The van der Waals surface area contributed by atoms with Crippen molar-refractivity contribution in [3.8, 4) is 0 Å². The van der Waals surface area contributed by atoms with Crippen molar-refractivity contribution in [3.05, 3.63) is 34.1 Å². The Hall–Kier alpha value is -0.980. The van der Waals surface area contributed by atoms with E-state index in [1.165, 1.54) is 0 Å². The fourth-order valence-corrected chi connectivity index (χ4v) is 1.64. The number of nitrogens with one attached hydrogen (secondary N) is 1. The first-order chi connectivity index (χ1) is 6.77. The van der Waals surface area contributed by atoms with Crippen LogP contribution in [0.4, 0.5) is 5.69 Å². The van der Waals surface area contributed by atoms with Crippen LogP contribution in [0.15, 0.2) is 30.4 Å². The summed E-state index contributed by atoms with van der Waals surface area (Å²) in [6.45, 7) is 1.58. The molecule has 5 heteroatoms. The fourth-order valence-electron chi connectivity index (χ4n) is 1.32. The van der Waals surface area contributed by atoms with Gasteiger partial charge in [-0.3, -0.25) is 0 Å². The summed E-state index contributed by atoms with van der Waals surface area (Å²) >= 11 is 2.15. The van der Waals surface area contributed by atoms with Gasteiger partial charge in [0.25, 0.3) is 0 Å². The lowest BCUT2D eigenvalue weighted by molar-refractivity contribution is 0.375. The molecule has 0 bridgehead atoms. The number of aliphatic hydroxyl groups excluding tert-OH is 1. The summed E-state index contributed by atoms with van der Waals surface area (Å²) in [7, 11) is 0. The first kappa shape index (κ1) is 9.57. The molecule has 0 radical (unpaired) electrons. The molecule has 0 atom stereocenters. The highest BCUT2D eigenvalue weighted by molar-refractivity contribution is 14.1. The molecule has 0 aliphatic carbocycles. The van der Waals surface area contributed by atoms with Crippen molar-refractivity contribution in [2.45, 2.75) is 0 Å². The second-order valence-electron chi connectivity index (χ2n) is 2.95. The van der Waals surface area contributed by atoms with E-state index >= 15 is 0 Å². The number of hydrogen-bond donors (Lipinski definition) is 2. The summed E-state index contributed by atoms with van der Waals surface area (Å²) in [5.74, 6) is 0.235. The summed E-state index contributed by atoms with van der Waals surface area (Å²) in [4.78, 5) is 5.99. The molecule has 1 aliphatic heterocycles. The number of rotatable bonds is 1. The van der Waals surface area contributed by atoms with Crippen molar-refractivity contribution in [2.75, 3.05) is 18.0 Å². The van der Waals surface area contributed by atoms with Crippen molar-refractivity contribution < 1.29 is 5.11 Å². The van der Waals surface area contributed by atoms with Crippen molar-refractivity contribution in [2.24, 2.45) is 0 Å². The number of aliphatic hydroxyl groups is 1. The Morgan fingerprint density at radius 2 is 2.36 bits per heavy atom. The Morgan fingerprint density at radius 3 is 3.00 bits per heavy atom. The smallest absolute Gasteiger partial charge is 0.207 e. The van der Waals surface area contributed by atoms with Gasteiger partial charge in [-0.1, -0.05) is 0 Å². The van der Waals surface area contributed by atoms with Gasteiger partial charge in [-0.25, -0.2) is 4.98 Å². The number of halogens is 1. The first-order valence-electron chi connectivity index (χ1n) is 4.29. The molecular weight excluding hydrogens is 293 g/mol. The molecule has 14 heavy (non-hydrogen) atoms. The van der Waals surface area contributed by atoms with Crippen molar-refractivity contribution in [1.29, 1.82) is 0 Å². The summed E-state index contributed by atoms with van der Waals surface area (Å²) in [5.41, 5.74) is 0.917. The minimum atomic E-state index is 0.235. The van der Waals surface area contributed by atoms with E-state index < -0.39 is 0 Å². The quantitative estimate of drug-likeness (QED) is 0.609. The van der Waals surface area contributed by atoms with Gasteiger partial charge < -0.3 is 15.3 Å². The molecular formula is C9H10IN3O. The lowest BCUT2D eigenvalue weighted by Gasteiger charge is -2.26. The lowest BCUT2D eigenvalue weighted by atomic mass is 10.3. The highest BCUT2D eigenvalue weighted by atomic mass is 127. The minimum Gasteiger partial charge on any atom is -0.493 e. The van der Waals surface area contributed by atoms with Crippen LogP contribution >= 0.6 is 22.6 Å². The van der Waals surface area contributed by atoms with Gasteiger partial charge >= 0.3 is 0 Å². The number of pyridine rings is 1. The van der Waals surface area contributed by atoms with Gasteiger partial charge in [0.2, 0.25) is 5.88 Å². The molecule has 2 rings (SSSR count). The van der Waals surface area contributed by atoms with E-state index in [0.717, 1.165) is 22.5 Å². The molecule has 74 valence electrons. The van der Waals surface area contributed by atoms with Gasteiger partial charge in [0, 0.05) is 13.1 Å². The zero-order valence-corrected chi connectivity index (χ0v) is 9.60. The highest BCUT2D eigenvalue weighted by Crippen LogP contribution is 2.18. The van der Waals surface area contributed by atoms with Crippen LogP contribution in [-0.4, -0.2) is 23.2 Å². The third kappa shape index (κ3) is 1.92. The second-order valence-corrected chi connectivity index (χ2v) is 4.05. The van der Waals surface area contributed by atoms with Crippen LogP contribution in [0.25, 0.3) is 0 Å². The predicted octanol–water partition coefficient (Wildman–Crippen LogP) is 1.45. The Kier molecular flexibility index (Phi) is 2.76. The van der Waals surface area contributed by atoms with Crippen LogP contribution in [0.1, 0.15) is 0 Å². The average Bonchev–Trinajstić information content (AvgIpc) is 2.20. The summed E-state index contributed by atoms with van der Waals surface area (Å²) in [5, 5.41) is 12.6. The molecule has 0 amide bonds.